The number of hydrogen-bond acceptors (Lipinski definition) is 1. The molecule has 1 fully saturated rings. The molecule has 0 saturated heterocycles. The van der Waals surface area contributed by atoms with Crippen LogP contribution in [0.4, 0.5) is 0 Å². The summed E-state index contributed by atoms with van der Waals surface area (Å²) in [5, 5.41) is 4.51. The average Bonchev–Trinajstić information content (AvgIpc) is 2.42. The summed E-state index contributed by atoms with van der Waals surface area (Å²) in [4.78, 5) is 0. The fraction of sp³-hybridized carbons (Fsp3) is 0.625. The maximum Gasteiger partial charge on any atom is 0.0406 e. The number of benzene rings is 1. The highest BCUT2D eigenvalue weighted by Crippen LogP contribution is 2.28. The van der Waals surface area contributed by atoms with Crippen LogP contribution >= 0.6 is 11.6 Å². The van der Waals surface area contributed by atoms with E-state index in [1.165, 1.54) is 37.7 Å². The molecule has 2 heteroatoms. The van der Waals surface area contributed by atoms with Gasteiger partial charge in [0.1, 0.15) is 0 Å². The highest BCUT2D eigenvalue weighted by Gasteiger charge is 2.22. The maximum absolute atomic E-state index is 5.94. The third kappa shape index (κ3) is 4.00. The Morgan fingerprint density at radius 1 is 1.17 bits per heavy atom. The molecule has 0 heterocycles. The second-order valence-corrected chi connectivity index (χ2v) is 5.83. The predicted octanol–water partition coefficient (Wildman–Crippen LogP) is 4.44. The molecule has 1 aromatic carbocycles. The normalized spacial score (nSPS) is 18.8. The summed E-state index contributed by atoms with van der Waals surface area (Å²) in [5.74, 6) is 0.856. The van der Waals surface area contributed by atoms with Crippen molar-refractivity contribution in [2.45, 2.75) is 51.5 Å². The molecule has 100 valence electrons. The van der Waals surface area contributed by atoms with Crippen LogP contribution in [0.15, 0.2) is 24.3 Å². The van der Waals surface area contributed by atoms with Crippen LogP contribution in [0.1, 0.15) is 44.6 Å². The number of likely N-dealkylation sites (N-methyl/N-ethyl adjacent to an activating group) is 1. The molecule has 1 saturated carbocycles. The molecule has 1 aliphatic rings. The van der Waals surface area contributed by atoms with Gasteiger partial charge in [-0.05, 0) is 49.4 Å². The van der Waals surface area contributed by atoms with Gasteiger partial charge in [0.05, 0.1) is 0 Å². The minimum atomic E-state index is 0.636. The second kappa shape index (κ2) is 7.16. The van der Waals surface area contributed by atoms with Crippen molar-refractivity contribution in [1.29, 1.82) is 0 Å². The van der Waals surface area contributed by atoms with Crippen molar-refractivity contribution in [3.05, 3.63) is 34.9 Å². The van der Waals surface area contributed by atoms with E-state index in [2.05, 4.69) is 24.4 Å². The quantitative estimate of drug-likeness (QED) is 0.830. The third-order valence-electron chi connectivity index (χ3n) is 4.05. The van der Waals surface area contributed by atoms with Gasteiger partial charge in [-0.2, -0.15) is 0 Å². The fourth-order valence-corrected chi connectivity index (χ4v) is 3.20. The Bertz CT molecular complexity index is 341. The van der Waals surface area contributed by atoms with Crippen LogP contribution in [0.5, 0.6) is 0 Å². The van der Waals surface area contributed by atoms with Crippen LogP contribution in [0.2, 0.25) is 5.02 Å². The van der Waals surface area contributed by atoms with Crippen molar-refractivity contribution in [2.75, 3.05) is 6.54 Å². The summed E-state index contributed by atoms with van der Waals surface area (Å²) in [6.07, 6.45) is 8.17. The maximum atomic E-state index is 5.94. The van der Waals surface area contributed by atoms with E-state index in [9.17, 15) is 0 Å². The molecule has 18 heavy (non-hydrogen) atoms. The van der Waals surface area contributed by atoms with E-state index >= 15 is 0 Å². The molecule has 1 unspecified atom stereocenters. The molecule has 1 aliphatic carbocycles. The molecule has 1 N–H and O–H groups in total. The van der Waals surface area contributed by atoms with E-state index < -0.39 is 0 Å². The van der Waals surface area contributed by atoms with E-state index in [1.807, 2.05) is 12.1 Å². The first-order valence-electron chi connectivity index (χ1n) is 7.27. The van der Waals surface area contributed by atoms with E-state index in [1.54, 1.807) is 0 Å². The SMILES string of the molecule is CCNC(Cc1ccc(Cl)cc1)C1CCCCC1. The van der Waals surface area contributed by atoms with Crippen LogP contribution in [0.3, 0.4) is 0 Å². The molecule has 2 rings (SSSR count). The first-order valence-corrected chi connectivity index (χ1v) is 7.65. The molecule has 0 radical (unpaired) electrons. The van der Waals surface area contributed by atoms with Crippen molar-refractivity contribution in [3.63, 3.8) is 0 Å². The van der Waals surface area contributed by atoms with Crippen LogP contribution in [-0.2, 0) is 6.42 Å². The third-order valence-corrected chi connectivity index (χ3v) is 4.31. The highest BCUT2D eigenvalue weighted by molar-refractivity contribution is 6.30. The summed E-state index contributed by atoms with van der Waals surface area (Å²) in [5.41, 5.74) is 1.40. The van der Waals surface area contributed by atoms with Crippen molar-refractivity contribution in [2.24, 2.45) is 5.92 Å². The number of hydrogen-bond donors (Lipinski definition) is 1. The van der Waals surface area contributed by atoms with Gasteiger partial charge < -0.3 is 5.32 Å². The van der Waals surface area contributed by atoms with Crippen molar-refractivity contribution in [1.82, 2.24) is 5.32 Å². The van der Waals surface area contributed by atoms with E-state index in [0.29, 0.717) is 6.04 Å². The zero-order chi connectivity index (χ0) is 12.8. The van der Waals surface area contributed by atoms with Gasteiger partial charge in [-0.25, -0.2) is 0 Å². The number of nitrogens with one attached hydrogen (secondary N) is 1. The molecule has 0 spiro atoms. The predicted molar refractivity (Wildman–Crippen MR) is 79.2 cm³/mol. The van der Waals surface area contributed by atoms with Gasteiger partial charge in [0.2, 0.25) is 0 Å². The lowest BCUT2D eigenvalue weighted by molar-refractivity contribution is 0.269. The van der Waals surface area contributed by atoms with Gasteiger partial charge >= 0.3 is 0 Å². The van der Waals surface area contributed by atoms with Gasteiger partial charge in [-0.3, -0.25) is 0 Å². The summed E-state index contributed by atoms with van der Waals surface area (Å²) in [7, 11) is 0. The minimum absolute atomic E-state index is 0.636. The van der Waals surface area contributed by atoms with Crippen LogP contribution in [0.25, 0.3) is 0 Å². The largest absolute Gasteiger partial charge is 0.314 e. The first kappa shape index (κ1) is 13.9. The molecule has 1 aromatic rings. The lowest BCUT2D eigenvalue weighted by Gasteiger charge is -2.31. The van der Waals surface area contributed by atoms with E-state index in [-0.39, 0.29) is 0 Å². The topological polar surface area (TPSA) is 12.0 Å². The second-order valence-electron chi connectivity index (χ2n) is 5.39. The Hall–Kier alpha value is -0.530. The fourth-order valence-electron chi connectivity index (χ4n) is 3.08. The molecule has 0 aliphatic heterocycles. The molecule has 0 amide bonds. The first-order chi connectivity index (χ1) is 8.79. The van der Waals surface area contributed by atoms with Crippen molar-refractivity contribution in [3.8, 4) is 0 Å². The summed E-state index contributed by atoms with van der Waals surface area (Å²) in [6.45, 7) is 3.27. The molecule has 1 atom stereocenters. The minimum Gasteiger partial charge on any atom is -0.314 e. The smallest absolute Gasteiger partial charge is 0.0406 e. The number of halogens is 1. The van der Waals surface area contributed by atoms with Gasteiger partial charge in [0.25, 0.3) is 0 Å². The van der Waals surface area contributed by atoms with Gasteiger partial charge in [-0.15, -0.1) is 0 Å². The van der Waals surface area contributed by atoms with Gasteiger partial charge in [0, 0.05) is 11.1 Å². The lowest BCUT2D eigenvalue weighted by Crippen LogP contribution is -2.38. The average molecular weight is 266 g/mol. The Labute approximate surface area is 116 Å². The Morgan fingerprint density at radius 2 is 1.83 bits per heavy atom. The van der Waals surface area contributed by atoms with E-state index in [0.717, 1.165) is 23.9 Å². The highest BCUT2D eigenvalue weighted by atomic mass is 35.5. The Balaban J connectivity index is 1.98. The Morgan fingerprint density at radius 3 is 2.44 bits per heavy atom. The molecule has 0 aromatic heterocycles. The molecule has 1 nitrogen and oxygen atoms in total. The lowest BCUT2D eigenvalue weighted by atomic mass is 9.81. The van der Waals surface area contributed by atoms with Crippen LogP contribution in [0, 0.1) is 5.92 Å². The summed E-state index contributed by atoms with van der Waals surface area (Å²) >= 11 is 5.94. The summed E-state index contributed by atoms with van der Waals surface area (Å²) in [6, 6.07) is 8.96. The van der Waals surface area contributed by atoms with Crippen LogP contribution in [-0.4, -0.2) is 12.6 Å². The van der Waals surface area contributed by atoms with Gasteiger partial charge in [-0.1, -0.05) is 49.9 Å². The van der Waals surface area contributed by atoms with Crippen molar-refractivity contribution < 1.29 is 0 Å². The van der Waals surface area contributed by atoms with Gasteiger partial charge in [0.15, 0.2) is 0 Å². The monoisotopic (exact) mass is 265 g/mol. The zero-order valence-electron chi connectivity index (χ0n) is 11.3. The molecular weight excluding hydrogens is 242 g/mol. The van der Waals surface area contributed by atoms with E-state index in [4.69, 9.17) is 11.6 Å². The Kier molecular flexibility index (Phi) is 5.52. The van der Waals surface area contributed by atoms with Crippen molar-refractivity contribution >= 4 is 11.6 Å². The van der Waals surface area contributed by atoms with Crippen LogP contribution < -0.4 is 5.32 Å². The standard InChI is InChI=1S/C16H24ClN/c1-2-18-16(14-6-4-3-5-7-14)12-13-8-10-15(17)11-9-13/h8-11,14,16,18H,2-7,12H2,1H3. The number of rotatable bonds is 5. The summed E-state index contributed by atoms with van der Waals surface area (Å²) < 4.78 is 0. The molecule has 0 bridgehead atoms. The molecular formula is C16H24ClN. The zero-order valence-corrected chi connectivity index (χ0v) is 12.0.